The van der Waals surface area contributed by atoms with Crippen LogP contribution in [0.2, 0.25) is 5.15 Å². The number of fused-ring (bicyclic) bond motifs is 1. The molecule has 31 heavy (non-hydrogen) atoms. The smallest absolute Gasteiger partial charge is 0.263 e. The van der Waals surface area contributed by atoms with E-state index in [0.717, 1.165) is 5.39 Å². The Balaban J connectivity index is 1.42. The van der Waals surface area contributed by atoms with E-state index in [-0.39, 0.29) is 17.9 Å². The summed E-state index contributed by atoms with van der Waals surface area (Å²) >= 11 is 5.98. The number of ether oxygens (including phenoxy) is 1. The van der Waals surface area contributed by atoms with Gasteiger partial charge in [-0.2, -0.15) is 0 Å². The normalized spacial score (nSPS) is 17.5. The molecule has 160 valence electrons. The van der Waals surface area contributed by atoms with Gasteiger partial charge in [0.05, 0.1) is 5.52 Å². The third-order valence-electron chi connectivity index (χ3n) is 5.53. The number of hydrogen-bond donors (Lipinski definition) is 0. The fraction of sp³-hybridized carbons (Fsp3) is 0.292. The SMILES string of the molecule is CC(Oc1cccc2nc(Cl)ccc12)C(=O)N1CCN(C(=O)c2ccccc2)C[C@H]1C. The molecule has 0 radical (unpaired) electrons. The number of nitrogens with zero attached hydrogens (tertiary/aromatic N) is 3. The van der Waals surface area contributed by atoms with Crippen molar-refractivity contribution in [2.24, 2.45) is 0 Å². The van der Waals surface area contributed by atoms with Crippen LogP contribution in [0.25, 0.3) is 10.9 Å². The summed E-state index contributed by atoms with van der Waals surface area (Å²) in [7, 11) is 0. The zero-order chi connectivity index (χ0) is 22.0. The van der Waals surface area contributed by atoms with Gasteiger partial charge in [-0.3, -0.25) is 9.59 Å². The lowest BCUT2D eigenvalue weighted by Gasteiger charge is -2.40. The maximum Gasteiger partial charge on any atom is 0.263 e. The Kier molecular flexibility index (Phi) is 6.09. The predicted octanol–water partition coefficient (Wildman–Crippen LogP) is 4.03. The Morgan fingerprint density at radius 2 is 1.84 bits per heavy atom. The third-order valence-corrected chi connectivity index (χ3v) is 5.74. The van der Waals surface area contributed by atoms with Crippen LogP contribution in [0.5, 0.6) is 5.75 Å². The topological polar surface area (TPSA) is 62.7 Å². The van der Waals surface area contributed by atoms with E-state index in [1.807, 2.05) is 61.5 Å². The van der Waals surface area contributed by atoms with Crippen LogP contribution < -0.4 is 4.74 Å². The van der Waals surface area contributed by atoms with Crippen molar-refractivity contribution < 1.29 is 14.3 Å². The molecule has 0 N–H and O–H groups in total. The highest BCUT2D eigenvalue weighted by Crippen LogP contribution is 2.27. The van der Waals surface area contributed by atoms with Gasteiger partial charge in [-0.15, -0.1) is 0 Å². The average molecular weight is 438 g/mol. The van der Waals surface area contributed by atoms with Crippen LogP contribution in [0.1, 0.15) is 24.2 Å². The summed E-state index contributed by atoms with van der Waals surface area (Å²) in [6, 6.07) is 18.2. The lowest BCUT2D eigenvalue weighted by atomic mass is 10.1. The quantitative estimate of drug-likeness (QED) is 0.578. The van der Waals surface area contributed by atoms with Gasteiger partial charge in [0.1, 0.15) is 10.9 Å². The van der Waals surface area contributed by atoms with E-state index in [0.29, 0.717) is 41.6 Å². The van der Waals surface area contributed by atoms with Crippen LogP contribution in [-0.2, 0) is 4.79 Å². The van der Waals surface area contributed by atoms with Gasteiger partial charge in [-0.05, 0) is 50.2 Å². The molecule has 7 heteroatoms. The first-order valence-electron chi connectivity index (χ1n) is 10.3. The Morgan fingerprint density at radius 1 is 1.06 bits per heavy atom. The molecule has 3 aromatic rings. The number of pyridine rings is 1. The minimum atomic E-state index is -0.667. The fourth-order valence-corrected chi connectivity index (χ4v) is 4.07. The molecule has 1 unspecified atom stereocenters. The van der Waals surface area contributed by atoms with Gasteiger partial charge in [-0.1, -0.05) is 35.9 Å². The Morgan fingerprint density at radius 3 is 2.58 bits per heavy atom. The van der Waals surface area contributed by atoms with Gasteiger partial charge < -0.3 is 14.5 Å². The first-order chi connectivity index (χ1) is 14.9. The highest BCUT2D eigenvalue weighted by Gasteiger charge is 2.33. The molecule has 4 rings (SSSR count). The first kappa shape index (κ1) is 21.1. The van der Waals surface area contributed by atoms with Crippen LogP contribution in [0.4, 0.5) is 0 Å². The number of benzene rings is 2. The summed E-state index contributed by atoms with van der Waals surface area (Å²) in [6.07, 6.45) is -0.667. The van der Waals surface area contributed by atoms with Crippen molar-refractivity contribution in [3.63, 3.8) is 0 Å². The van der Waals surface area contributed by atoms with E-state index in [1.54, 1.807) is 22.8 Å². The van der Waals surface area contributed by atoms with Crippen molar-refractivity contribution in [2.75, 3.05) is 19.6 Å². The van der Waals surface area contributed by atoms with E-state index in [2.05, 4.69) is 4.98 Å². The number of amides is 2. The Hall–Kier alpha value is -3.12. The van der Waals surface area contributed by atoms with E-state index in [1.165, 1.54) is 0 Å². The number of hydrogen-bond acceptors (Lipinski definition) is 4. The monoisotopic (exact) mass is 437 g/mol. The largest absolute Gasteiger partial charge is 0.480 e. The molecule has 2 heterocycles. The summed E-state index contributed by atoms with van der Waals surface area (Å²) in [5.74, 6) is 0.483. The Labute approximate surface area is 186 Å². The van der Waals surface area contributed by atoms with Crippen molar-refractivity contribution in [3.8, 4) is 5.75 Å². The molecule has 1 aliphatic heterocycles. The van der Waals surface area contributed by atoms with Gasteiger partial charge in [0.15, 0.2) is 6.10 Å². The third kappa shape index (κ3) is 4.49. The second-order valence-corrected chi connectivity index (χ2v) is 8.10. The minimum Gasteiger partial charge on any atom is -0.480 e. The number of rotatable bonds is 4. The molecule has 2 amide bonds. The van der Waals surface area contributed by atoms with E-state index < -0.39 is 6.10 Å². The molecule has 0 spiro atoms. The highest BCUT2D eigenvalue weighted by atomic mass is 35.5. The number of aromatic nitrogens is 1. The summed E-state index contributed by atoms with van der Waals surface area (Å²) in [4.78, 5) is 33.7. The van der Waals surface area contributed by atoms with E-state index in [9.17, 15) is 9.59 Å². The van der Waals surface area contributed by atoms with Crippen LogP contribution in [0.15, 0.2) is 60.7 Å². The second-order valence-electron chi connectivity index (χ2n) is 7.71. The number of carbonyl (C=O) groups excluding carboxylic acids is 2. The molecule has 0 aliphatic carbocycles. The van der Waals surface area contributed by atoms with E-state index in [4.69, 9.17) is 16.3 Å². The average Bonchev–Trinajstić information content (AvgIpc) is 2.78. The van der Waals surface area contributed by atoms with Crippen molar-refractivity contribution in [1.29, 1.82) is 0 Å². The maximum atomic E-state index is 13.1. The van der Waals surface area contributed by atoms with Crippen molar-refractivity contribution in [3.05, 3.63) is 71.4 Å². The standard InChI is InChI=1S/C24H24ClN3O3/c1-16-15-27(24(30)18-7-4-3-5-8-18)13-14-28(16)23(29)17(2)31-21-10-6-9-20-19(21)11-12-22(25)26-20/h3-12,16-17H,13-15H2,1-2H3/t16-,17?/m1/s1. The van der Waals surface area contributed by atoms with Crippen LogP contribution in [-0.4, -0.2) is 58.4 Å². The molecular formula is C24H24ClN3O3. The minimum absolute atomic E-state index is 0.00855. The highest BCUT2D eigenvalue weighted by molar-refractivity contribution is 6.29. The van der Waals surface area contributed by atoms with Gasteiger partial charge >= 0.3 is 0 Å². The zero-order valence-electron chi connectivity index (χ0n) is 17.5. The number of piperazine rings is 1. The molecule has 0 bridgehead atoms. The summed E-state index contributed by atoms with van der Waals surface area (Å²) in [5.41, 5.74) is 1.38. The van der Waals surface area contributed by atoms with Gasteiger partial charge in [0.2, 0.25) is 0 Å². The van der Waals surface area contributed by atoms with Gasteiger partial charge in [0, 0.05) is 36.6 Å². The zero-order valence-corrected chi connectivity index (χ0v) is 18.2. The molecule has 0 saturated carbocycles. The van der Waals surface area contributed by atoms with Crippen molar-refractivity contribution in [2.45, 2.75) is 26.0 Å². The van der Waals surface area contributed by atoms with Crippen molar-refractivity contribution >= 4 is 34.3 Å². The lowest BCUT2D eigenvalue weighted by Crippen LogP contribution is -2.57. The maximum absolute atomic E-state index is 13.1. The predicted molar refractivity (Wildman–Crippen MR) is 120 cm³/mol. The molecule has 1 fully saturated rings. The van der Waals surface area contributed by atoms with Crippen LogP contribution >= 0.6 is 11.6 Å². The van der Waals surface area contributed by atoms with E-state index >= 15 is 0 Å². The number of carbonyl (C=O) groups is 2. The molecule has 2 aromatic carbocycles. The fourth-order valence-electron chi connectivity index (χ4n) is 3.91. The summed E-state index contributed by atoms with van der Waals surface area (Å²) < 4.78 is 6.02. The molecular weight excluding hydrogens is 414 g/mol. The Bertz CT molecular complexity index is 1110. The number of halogens is 1. The van der Waals surface area contributed by atoms with Crippen LogP contribution in [0.3, 0.4) is 0 Å². The molecule has 1 aromatic heterocycles. The second kappa shape index (κ2) is 8.94. The molecule has 2 atom stereocenters. The van der Waals surface area contributed by atoms with Gasteiger partial charge in [0.25, 0.3) is 11.8 Å². The lowest BCUT2D eigenvalue weighted by molar-refractivity contribution is -0.142. The van der Waals surface area contributed by atoms with Crippen LogP contribution in [0, 0.1) is 0 Å². The molecule has 1 saturated heterocycles. The first-order valence-corrected chi connectivity index (χ1v) is 10.7. The molecule has 6 nitrogen and oxygen atoms in total. The summed E-state index contributed by atoms with van der Waals surface area (Å²) in [6.45, 7) is 5.16. The van der Waals surface area contributed by atoms with Crippen molar-refractivity contribution in [1.82, 2.24) is 14.8 Å². The van der Waals surface area contributed by atoms with Gasteiger partial charge in [-0.25, -0.2) is 4.98 Å². The molecule has 1 aliphatic rings. The summed E-state index contributed by atoms with van der Waals surface area (Å²) in [5, 5.41) is 1.21.